The van der Waals surface area contributed by atoms with Crippen molar-refractivity contribution < 1.29 is 9.59 Å². The molecule has 0 saturated heterocycles. The van der Waals surface area contributed by atoms with Crippen molar-refractivity contribution in [3.63, 3.8) is 0 Å². The summed E-state index contributed by atoms with van der Waals surface area (Å²) in [7, 11) is 0. The molecule has 2 aliphatic carbocycles. The lowest BCUT2D eigenvalue weighted by molar-refractivity contribution is 0.0541. The SMILES string of the molecule is O=C1c2ccc3c4c(ccc(c24)C(=O)N1NC1=CCCCC1)CC3. The maximum atomic E-state index is 12.9. The summed E-state index contributed by atoms with van der Waals surface area (Å²) in [4.78, 5) is 25.9. The summed E-state index contributed by atoms with van der Waals surface area (Å²) >= 11 is 0. The maximum absolute atomic E-state index is 12.9. The van der Waals surface area contributed by atoms with Gasteiger partial charge in [0.05, 0.1) is 11.1 Å². The minimum absolute atomic E-state index is 0.241. The Balaban J connectivity index is 1.65. The molecule has 120 valence electrons. The molecule has 2 aromatic carbocycles. The van der Waals surface area contributed by atoms with E-state index in [4.69, 9.17) is 0 Å². The van der Waals surface area contributed by atoms with Crippen LogP contribution in [0.3, 0.4) is 0 Å². The molecule has 5 rings (SSSR count). The van der Waals surface area contributed by atoms with Gasteiger partial charge in [0.1, 0.15) is 0 Å². The Labute approximate surface area is 140 Å². The minimum Gasteiger partial charge on any atom is -0.293 e. The van der Waals surface area contributed by atoms with Crippen LogP contribution in [-0.2, 0) is 12.8 Å². The summed E-state index contributed by atoms with van der Waals surface area (Å²) < 4.78 is 0. The number of aryl methyl sites for hydroxylation is 2. The zero-order chi connectivity index (χ0) is 16.3. The van der Waals surface area contributed by atoms with Crippen LogP contribution in [-0.4, -0.2) is 16.8 Å². The van der Waals surface area contributed by atoms with Gasteiger partial charge in [-0.25, -0.2) is 0 Å². The normalized spacial score (nSPS) is 19.0. The monoisotopic (exact) mass is 318 g/mol. The highest BCUT2D eigenvalue weighted by molar-refractivity contribution is 6.26. The van der Waals surface area contributed by atoms with E-state index in [2.05, 4.69) is 11.5 Å². The van der Waals surface area contributed by atoms with Crippen molar-refractivity contribution in [2.24, 2.45) is 0 Å². The van der Waals surface area contributed by atoms with Gasteiger partial charge in [0, 0.05) is 11.1 Å². The van der Waals surface area contributed by atoms with Crippen LogP contribution < -0.4 is 5.43 Å². The van der Waals surface area contributed by atoms with Crippen LogP contribution in [0.5, 0.6) is 0 Å². The number of imide groups is 1. The molecule has 0 atom stereocenters. The fourth-order valence-electron chi connectivity index (χ4n) is 4.20. The number of benzene rings is 2. The molecule has 0 spiro atoms. The van der Waals surface area contributed by atoms with E-state index in [9.17, 15) is 9.59 Å². The molecule has 0 fully saturated rings. The number of hydrazine groups is 1. The van der Waals surface area contributed by atoms with E-state index in [1.165, 1.54) is 22.6 Å². The topological polar surface area (TPSA) is 49.4 Å². The second kappa shape index (κ2) is 4.94. The third-order valence-corrected chi connectivity index (χ3v) is 5.41. The molecule has 0 unspecified atom stereocenters. The Morgan fingerprint density at radius 2 is 1.46 bits per heavy atom. The van der Waals surface area contributed by atoms with E-state index in [1.807, 2.05) is 24.3 Å². The number of amides is 2. The van der Waals surface area contributed by atoms with Crippen molar-refractivity contribution in [1.82, 2.24) is 10.4 Å². The van der Waals surface area contributed by atoms with Gasteiger partial charge in [0.25, 0.3) is 11.8 Å². The van der Waals surface area contributed by atoms with Gasteiger partial charge in [-0.1, -0.05) is 18.2 Å². The van der Waals surface area contributed by atoms with Gasteiger partial charge in [-0.05, 0) is 67.2 Å². The first-order chi connectivity index (χ1) is 11.7. The molecule has 0 radical (unpaired) electrons. The predicted octanol–water partition coefficient (Wildman–Crippen LogP) is 3.50. The minimum atomic E-state index is -0.241. The van der Waals surface area contributed by atoms with E-state index < -0.39 is 0 Å². The lowest BCUT2D eigenvalue weighted by Crippen LogP contribution is -2.49. The standard InChI is InChI=1S/C20H18N2O2/c23-19-15-10-8-12-6-7-13-9-11-16(18(15)17(12)13)20(24)22(19)21-14-4-2-1-3-5-14/h4,8-11,21H,1-3,5-7H2. The highest BCUT2D eigenvalue weighted by Crippen LogP contribution is 2.38. The van der Waals surface area contributed by atoms with Crippen LogP contribution in [0.15, 0.2) is 36.0 Å². The third-order valence-electron chi connectivity index (χ3n) is 5.41. The van der Waals surface area contributed by atoms with Gasteiger partial charge in [0.2, 0.25) is 0 Å². The first-order valence-corrected chi connectivity index (χ1v) is 8.66. The molecule has 0 bridgehead atoms. The average Bonchev–Trinajstić information content (AvgIpc) is 3.04. The Kier molecular flexibility index (Phi) is 2.84. The van der Waals surface area contributed by atoms with Gasteiger partial charge in [-0.3, -0.25) is 15.0 Å². The van der Waals surface area contributed by atoms with E-state index in [0.29, 0.717) is 11.1 Å². The molecular formula is C20H18N2O2. The molecule has 3 aliphatic rings. The smallest absolute Gasteiger partial charge is 0.280 e. The summed E-state index contributed by atoms with van der Waals surface area (Å²) in [6, 6.07) is 7.86. The number of nitrogens with one attached hydrogen (secondary N) is 1. The highest BCUT2D eigenvalue weighted by Gasteiger charge is 2.35. The van der Waals surface area contributed by atoms with Crippen LogP contribution in [0.2, 0.25) is 0 Å². The van der Waals surface area contributed by atoms with Crippen molar-refractivity contribution in [2.75, 3.05) is 0 Å². The Bertz CT molecular complexity index is 884. The number of rotatable bonds is 2. The fourth-order valence-corrected chi connectivity index (χ4v) is 4.20. The Morgan fingerprint density at radius 1 is 0.792 bits per heavy atom. The molecule has 4 nitrogen and oxygen atoms in total. The van der Waals surface area contributed by atoms with E-state index in [0.717, 1.165) is 48.6 Å². The number of carbonyl (C=O) groups excluding carboxylic acids is 2. The zero-order valence-electron chi connectivity index (χ0n) is 13.4. The fraction of sp³-hybridized carbons (Fsp3) is 0.300. The summed E-state index contributed by atoms with van der Waals surface area (Å²) in [6.07, 6.45) is 8.22. The summed E-state index contributed by atoms with van der Waals surface area (Å²) in [5.41, 5.74) is 7.83. The Morgan fingerprint density at radius 3 is 2.04 bits per heavy atom. The molecule has 1 N–H and O–H groups in total. The first kappa shape index (κ1) is 13.8. The number of hydrogen-bond donors (Lipinski definition) is 1. The molecular weight excluding hydrogens is 300 g/mol. The molecule has 1 heterocycles. The number of carbonyl (C=O) groups is 2. The largest absolute Gasteiger partial charge is 0.293 e. The second-order valence-corrected chi connectivity index (χ2v) is 6.83. The molecule has 4 heteroatoms. The van der Waals surface area contributed by atoms with Gasteiger partial charge in [-0.2, -0.15) is 5.01 Å². The zero-order valence-corrected chi connectivity index (χ0v) is 13.4. The van der Waals surface area contributed by atoms with Crippen molar-refractivity contribution in [2.45, 2.75) is 38.5 Å². The van der Waals surface area contributed by atoms with Crippen molar-refractivity contribution in [3.8, 4) is 0 Å². The van der Waals surface area contributed by atoms with E-state index in [-0.39, 0.29) is 11.8 Å². The Hall–Kier alpha value is -2.62. The van der Waals surface area contributed by atoms with Gasteiger partial charge in [0.15, 0.2) is 0 Å². The molecule has 24 heavy (non-hydrogen) atoms. The van der Waals surface area contributed by atoms with Gasteiger partial charge in [-0.15, -0.1) is 0 Å². The number of nitrogens with zero attached hydrogens (tertiary/aromatic N) is 1. The average molecular weight is 318 g/mol. The van der Waals surface area contributed by atoms with Crippen LogP contribution in [0.1, 0.15) is 57.5 Å². The molecule has 0 saturated carbocycles. The molecule has 2 aromatic rings. The second-order valence-electron chi connectivity index (χ2n) is 6.83. The quantitative estimate of drug-likeness (QED) is 0.862. The van der Waals surface area contributed by atoms with Gasteiger partial charge >= 0.3 is 0 Å². The van der Waals surface area contributed by atoms with E-state index >= 15 is 0 Å². The van der Waals surface area contributed by atoms with Crippen molar-refractivity contribution in [3.05, 3.63) is 58.3 Å². The van der Waals surface area contributed by atoms with Gasteiger partial charge < -0.3 is 0 Å². The van der Waals surface area contributed by atoms with E-state index in [1.54, 1.807) is 0 Å². The first-order valence-electron chi connectivity index (χ1n) is 8.66. The molecule has 1 aliphatic heterocycles. The van der Waals surface area contributed by atoms with Crippen LogP contribution in [0, 0.1) is 0 Å². The summed E-state index contributed by atoms with van der Waals surface area (Å²) in [6.45, 7) is 0. The lowest BCUT2D eigenvalue weighted by Gasteiger charge is -2.30. The lowest BCUT2D eigenvalue weighted by atomic mass is 9.92. The van der Waals surface area contributed by atoms with Crippen LogP contribution in [0.25, 0.3) is 10.8 Å². The summed E-state index contributed by atoms with van der Waals surface area (Å²) in [5, 5.41) is 3.18. The predicted molar refractivity (Wildman–Crippen MR) is 91.5 cm³/mol. The van der Waals surface area contributed by atoms with Crippen molar-refractivity contribution >= 4 is 22.6 Å². The van der Waals surface area contributed by atoms with Crippen LogP contribution >= 0.6 is 0 Å². The van der Waals surface area contributed by atoms with Crippen molar-refractivity contribution in [1.29, 1.82) is 0 Å². The maximum Gasteiger partial charge on any atom is 0.280 e. The van der Waals surface area contributed by atoms with Crippen LogP contribution in [0.4, 0.5) is 0 Å². The third kappa shape index (κ3) is 1.80. The number of allylic oxidation sites excluding steroid dienone is 2. The number of hydrogen-bond acceptors (Lipinski definition) is 3. The molecule has 0 aromatic heterocycles. The molecule has 2 amide bonds. The summed E-state index contributed by atoms with van der Waals surface area (Å²) in [5.74, 6) is -0.482. The highest BCUT2D eigenvalue weighted by atomic mass is 16.2.